The van der Waals surface area contributed by atoms with E-state index in [1.807, 2.05) is 24.3 Å². The van der Waals surface area contributed by atoms with E-state index in [2.05, 4.69) is 28.0 Å². The highest BCUT2D eigenvalue weighted by Crippen LogP contribution is 2.30. The van der Waals surface area contributed by atoms with Gasteiger partial charge in [-0.2, -0.15) is 5.26 Å². The maximum Gasteiger partial charge on any atom is 0.270 e. The SMILES string of the molecule is N#Cc1cn(C(=O)c2cc([N+](=O)[O-])ccc2N2CCN(c3ccccc3)CC2)c2ccccc12. The Hall–Kier alpha value is -4.64. The fourth-order valence-corrected chi connectivity index (χ4v) is 4.50. The van der Waals surface area contributed by atoms with Gasteiger partial charge in [-0.05, 0) is 24.3 Å². The van der Waals surface area contributed by atoms with E-state index in [9.17, 15) is 20.2 Å². The molecule has 0 N–H and O–H groups in total. The van der Waals surface area contributed by atoms with Gasteiger partial charge in [-0.3, -0.25) is 19.5 Å². The average molecular weight is 451 g/mol. The summed E-state index contributed by atoms with van der Waals surface area (Å²) in [4.78, 5) is 29.1. The molecule has 0 aliphatic carbocycles. The summed E-state index contributed by atoms with van der Waals surface area (Å²) in [5.74, 6) is -0.401. The van der Waals surface area contributed by atoms with Crippen LogP contribution in [0.25, 0.3) is 10.9 Å². The Morgan fingerprint density at radius 1 is 0.912 bits per heavy atom. The highest BCUT2D eigenvalue weighted by Gasteiger charge is 2.26. The van der Waals surface area contributed by atoms with Gasteiger partial charge in [0.25, 0.3) is 11.6 Å². The van der Waals surface area contributed by atoms with Gasteiger partial charge in [0.1, 0.15) is 6.07 Å². The number of nitriles is 1. The number of piperazine rings is 1. The zero-order valence-electron chi connectivity index (χ0n) is 18.3. The number of nitrogens with zero attached hydrogens (tertiary/aromatic N) is 5. The average Bonchev–Trinajstić information content (AvgIpc) is 3.27. The molecular formula is C26H21N5O3. The van der Waals surface area contributed by atoms with E-state index in [1.165, 1.54) is 22.9 Å². The predicted octanol–water partition coefficient (Wildman–Crippen LogP) is 4.44. The summed E-state index contributed by atoms with van der Waals surface area (Å²) in [6, 6.07) is 23.8. The summed E-state index contributed by atoms with van der Waals surface area (Å²) in [6.07, 6.45) is 1.50. The lowest BCUT2D eigenvalue weighted by atomic mass is 10.1. The van der Waals surface area contributed by atoms with Crippen LogP contribution in [-0.2, 0) is 0 Å². The van der Waals surface area contributed by atoms with E-state index in [0.717, 1.165) is 18.8 Å². The van der Waals surface area contributed by atoms with Crippen LogP contribution in [0.2, 0.25) is 0 Å². The Morgan fingerprint density at radius 2 is 1.59 bits per heavy atom. The highest BCUT2D eigenvalue weighted by atomic mass is 16.6. The van der Waals surface area contributed by atoms with Crippen LogP contribution in [0.4, 0.5) is 17.1 Å². The number of rotatable bonds is 4. The largest absolute Gasteiger partial charge is 0.368 e. The lowest BCUT2D eigenvalue weighted by Gasteiger charge is -2.38. The van der Waals surface area contributed by atoms with Gasteiger partial charge in [0.05, 0.1) is 27.3 Å². The van der Waals surface area contributed by atoms with E-state index >= 15 is 0 Å². The van der Waals surface area contributed by atoms with Gasteiger partial charge in [-0.25, -0.2) is 0 Å². The molecule has 5 rings (SSSR count). The van der Waals surface area contributed by atoms with Crippen molar-refractivity contribution in [2.45, 2.75) is 0 Å². The van der Waals surface area contributed by atoms with Gasteiger partial charge >= 0.3 is 0 Å². The molecule has 1 saturated heterocycles. The molecule has 0 bridgehead atoms. The van der Waals surface area contributed by atoms with Crippen molar-refractivity contribution in [3.05, 3.63) is 100 Å². The number of carbonyl (C=O) groups excluding carboxylic acids is 1. The van der Waals surface area contributed by atoms with Crippen molar-refractivity contribution in [3.63, 3.8) is 0 Å². The molecule has 0 atom stereocenters. The molecule has 1 fully saturated rings. The quantitative estimate of drug-likeness (QED) is 0.336. The van der Waals surface area contributed by atoms with Gasteiger partial charge < -0.3 is 9.80 Å². The minimum Gasteiger partial charge on any atom is -0.368 e. The third-order valence-electron chi connectivity index (χ3n) is 6.21. The first-order valence-corrected chi connectivity index (χ1v) is 10.9. The number of carbonyl (C=O) groups is 1. The normalized spacial score (nSPS) is 13.6. The molecule has 34 heavy (non-hydrogen) atoms. The van der Waals surface area contributed by atoms with Crippen LogP contribution in [0.1, 0.15) is 15.9 Å². The van der Waals surface area contributed by atoms with E-state index in [-0.39, 0.29) is 11.3 Å². The summed E-state index contributed by atoms with van der Waals surface area (Å²) < 4.78 is 1.41. The number of hydrogen-bond acceptors (Lipinski definition) is 6. The second-order valence-corrected chi connectivity index (χ2v) is 8.12. The lowest BCUT2D eigenvalue weighted by Crippen LogP contribution is -2.47. The number of fused-ring (bicyclic) bond motifs is 1. The van der Waals surface area contributed by atoms with E-state index < -0.39 is 10.8 Å². The van der Waals surface area contributed by atoms with Crippen molar-refractivity contribution < 1.29 is 9.72 Å². The zero-order chi connectivity index (χ0) is 23.7. The topological polar surface area (TPSA) is 95.4 Å². The lowest BCUT2D eigenvalue weighted by molar-refractivity contribution is -0.384. The fourth-order valence-electron chi connectivity index (χ4n) is 4.50. The maximum atomic E-state index is 13.7. The van der Waals surface area contributed by atoms with Crippen LogP contribution in [0.3, 0.4) is 0 Å². The molecule has 1 aliphatic heterocycles. The molecule has 8 nitrogen and oxygen atoms in total. The Balaban J connectivity index is 1.52. The van der Waals surface area contributed by atoms with Gasteiger partial charge in [-0.1, -0.05) is 36.4 Å². The molecule has 2 heterocycles. The zero-order valence-corrected chi connectivity index (χ0v) is 18.3. The molecule has 0 unspecified atom stereocenters. The van der Waals surface area contributed by atoms with Gasteiger partial charge in [0.2, 0.25) is 0 Å². The summed E-state index contributed by atoms with van der Waals surface area (Å²) in [5, 5.41) is 21.7. The van der Waals surface area contributed by atoms with Crippen LogP contribution in [0, 0.1) is 21.4 Å². The Kier molecular flexibility index (Phi) is 5.44. The first-order chi connectivity index (χ1) is 16.6. The molecule has 1 aliphatic rings. The van der Waals surface area contributed by atoms with Crippen molar-refractivity contribution in [1.29, 1.82) is 5.26 Å². The maximum absolute atomic E-state index is 13.7. The number of hydrogen-bond donors (Lipinski definition) is 0. The molecule has 4 aromatic rings. The molecule has 0 radical (unpaired) electrons. The van der Waals surface area contributed by atoms with Crippen molar-refractivity contribution in [3.8, 4) is 6.07 Å². The van der Waals surface area contributed by atoms with Crippen molar-refractivity contribution >= 4 is 33.9 Å². The third-order valence-corrected chi connectivity index (χ3v) is 6.21. The van der Waals surface area contributed by atoms with Gasteiger partial charge in [0.15, 0.2) is 0 Å². The summed E-state index contributed by atoms with van der Waals surface area (Å²) in [6.45, 7) is 2.87. The summed E-state index contributed by atoms with van der Waals surface area (Å²) in [5.41, 5.74) is 2.87. The number of para-hydroxylation sites is 2. The minimum absolute atomic E-state index is 0.146. The van der Waals surface area contributed by atoms with Crippen LogP contribution < -0.4 is 9.80 Å². The number of benzene rings is 3. The molecule has 8 heteroatoms. The third kappa shape index (κ3) is 3.73. The Bertz CT molecular complexity index is 1430. The van der Waals surface area contributed by atoms with Crippen LogP contribution in [0.5, 0.6) is 0 Å². The van der Waals surface area contributed by atoms with E-state index in [1.54, 1.807) is 24.3 Å². The van der Waals surface area contributed by atoms with Gasteiger partial charge in [-0.15, -0.1) is 0 Å². The number of aromatic nitrogens is 1. The van der Waals surface area contributed by atoms with Crippen LogP contribution >= 0.6 is 0 Å². The molecule has 0 amide bonds. The highest BCUT2D eigenvalue weighted by molar-refractivity contribution is 6.07. The number of nitro benzene ring substituents is 1. The predicted molar refractivity (Wildman–Crippen MR) is 130 cm³/mol. The standard InChI is InChI=1S/C26H21N5O3/c27-17-19-18-30(25-9-5-4-8-22(19)25)26(32)23-16-21(31(33)34)10-11-24(23)29-14-12-28(13-15-29)20-6-2-1-3-7-20/h1-11,16,18H,12-15H2. The van der Waals surface area contributed by atoms with Crippen molar-refractivity contribution in [2.75, 3.05) is 36.0 Å². The van der Waals surface area contributed by atoms with E-state index in [4.69, 9.17) is 0 Å². The molecule has 0 spiro atoms. The Morgan fingerprint density at radius 3 is 2.29 bits per heavy atom. The first-order valence-electron chi connectivity index (χ1n) is 10.9. The minimum atomic E-state index is -0.498. The summed E-state index contributed by atoms with van der Waals surface area (Å²) >= 11 is 0. The van der Waals surface area contributed by atoms with Crippen LogP contribution in [-0.4, -0.2) is 41.6 Å². The Labute approximate surface area is 196 Å². The van der Waals surface area contributed by atoms with Crippen molar-refractivity contribution in [1.82, 2.24) is 4.57 Å². The monoisotopic (exact) mass is 451 g/mol. The van der Waals surface area contributed by atoms with Crippen molar-refractivity contribution in [2.24, 2.45) is 0 Å². The second kappa shape index (κ2) is 8.71. The molecule has 0 saturated carbocycles. The smallest absolute Gasteiger partial charge is 0.270 e. The van der Waals surface area contributed by atoms with E-state index in [0.29, 0.717) is 35.2 Å². The number of nitro groups is 1. The van der Waals surface area contributed by atoms with Gasteiger partial charge in [0, 0.05) is 55.6 Å². The molecule has 168 valence electrons. The molecule has 3 aromatic carbocycles. The molecular weight excluding hydrogens is 430 g/mol. The first kappa shape index (κ1) is 21.2. The summed E-state index contributed by atoms with van der Waals surface area (Å²) in [7, 11) is 0. The van der Waals surface area contributed by atoms with Crippen LogP contribution in [0.15, 0.2) is 79.0 Å². The number of anilines is 2. The fraction of sp³-hybridized carbons (Fsp3) is 0.154. The number of non-ortho nitro benzene ring substituents is 1. The molecule has 1 aromatic heterocycles. The second-order valence-electron chi connectivity index (χ2n) is 8.12.